The van der Waals surface area contributed by atoms with Gasteiger partial charge in [0.05, 0.1) is 10.6 Å². The van der Waals surface area contributed by atoms with Crippen molar-refractivity contribution in [2.45, 2.75) is 5.92 Å². The van der Waals surface area contributed by atoms with Crippen molar-refractivity contribution in [2.24, 2.45) is 5.73 Å². The third-order valence-corrected chi connectivity index (χ3v) is 4.59. The number of nitrogens with two attached hydrogens (primary N) is 1. The van der Waals surface area contributed by atoms with Crippen molar-refractivity contribution in [3.8, 4) is 11.3 Å². The highest BCUT2D eigenvalue weighted by molar-refractivity contribution is 7.10. The molecule has 5 nitrogen and oxygen atoms in total. The van der Waals surface area contributed by atoms with Crippen LogP contribution >= 0.6 is 11.3 Å². The molecule has 0 saturated carbocycles. The first-order valence-corrected chi connectivity index (χ1v) is 8.02. The molecule has 0 amide bonds. The number of nitrogens with zero attached hydrogens (tertiary/aromatic N) is 2. The van der Waals surface area contributed by atoms with Crippen LogP contribution in [0.25, 0.3) is 11.3 Å². The van der Waals surface area contributed by atoms with Crippen LogP contribution in [0.1, 0.15) is 16.5 Å². The SMILES string of the molecule is NCC(c1ccc([N+](=O)[O-])cc1)c1nc(-c2ccccc2)cs1. The highest BCUT2D eigenvalue weighted by atomic mass is 32.1. The lowest BCUT2D eigenvalue weighted by atomic mass is 9.99. The third kappa shape index (κ3) is 3.28. The predicted octanol–water partition coefficient (Wildman–Crippen LogP) is 3.81. The number of rotatable bonds is 5. The van der Waals surface area contributed by atoms with Crippen molar-refractivity contribution in [2.75, 3.05) is 6.54 Å². The zero-order valence-electron chi connectivity index (χ0n) is 12.3. The van der Waals surface area contributed by atoms with Gasteiger partial charge in [0, 0.05) is 35.5 Å². The monoisotopic (exact) mass is 325 g/mol. The lowest BCUT2D eigenvalue weighted by Gasteiger charge is -2.12. The number of non-ortho nitro benzene ring substituents is 1. The number of hydrogen-bond acceptors (Lipinski definition) is 5. The average Bonchev–Trinajstić information content (AvgIpc) is 3.06. The molecule has 2 N–H and O–H groups in total. The Morgan fingerprint density at radius 1 is 1.13 bits per heavy atom. The molecule has 1 atom stereocenters. The van der Waals surface area contributed by atoms with Crippen LogP contribution in [0.2, 0.25) is 0 Å². The summed E-state index contributed by atoms with van der Waals surface area (Å²) in [6, 6.07) is 16.5. The van der Waals surface area contributed by atoms with E-state index in [1.54, 1.807) is 23.5 Å². The summed E-state index contributed by atoms with van der Waals surface area (Å²) in [4.78, 5) is 15.0. The van der Waals surface area contributed by atoms with Crippen LogP contribution < -0.4 is 5.73 Å². The summed E-state index contributed by atoms with van der Waals surface area (Å²) >= 11 is 1.56. The molecule has 0 aliphatic carbocycles. The lowest BCUT2D eigenvalue weighted by Crippen LogP contribution is -2.13. The van der Waals surface area contributed by atoms with E-state index in [2.05, 4.69) is 0 Å². The van der Waals surface area contributed by atoms with E-state index in [0.29, 0.717) is 6.54 Å². The molecule has 0 spiro atoms. The molecule has 1 aromatic heterocycles. The Morgan fingerprint density at radius 2 is 1.83 bits per heavy atom. The minimum atomic E-state index is -0.405. The van der Waals surface area contributed by atoms with E-state index >= 15 is 0 Å². The molecule has 23 heavy (non-hydrogen) atoms. The maximum absolute atomic E-state index is 10.8. The fraction of sp³-hybridized carbons (Fsp3) is 0.118. The topological polar surface area (TPSA) is 82.0 Å². The molecule has 0 radical (unpaired) electrons. The molecule has 3 rings (SSSR count). The zero-order chi connectivity index (χ0) is 16.2. The Hall–Kier alpha value is -2.57. The second-order valence-corrected chi connectivity index (χ2v) is 5.96. The summed E-state index contributed by atoms with van der Waals surface area (Å²) in [5, 5.41) is 13.7. The number of benzene rings is 2. The first-order valence-electron chi connectivity index (χ1n) is 7.14. The van der Waals surface area contributed by atoms with Gasteiger partial charge in [-0.1, -0.05) is 42.5 Å². The van der Waals surface area contributed by atoms with Gasteiger partial charge in [-0.15, -0.1) is 11.3 Å². The molecular formula is C17H15N3O2S. The van der Waals surface area contributed by atoms with Gasteiger partial charge >= 0.3 is 0 Å². The van der Waals surface area contributed by atoms with Crippen molar-refractivity contribution < 1.29 is 4.92 Å². The van der Waals surface area contributed by atoms with E-state index in [0.717, 1.165) is 21.8 Å². The number of nitro groups is 1. The van der Waals surface area contributed by atoms with E-state index in [4.69, 9.17) is 10.7 Å². The molecule has 0 aliphatic heterocycles. The molecule has 0 bridgehead atoms. The van der Waals surface area contributed by atoms with E-state index in [-0.39, 0.29) is 11.6 Å². The average molecular weight is 325 g/mol. The van der Waals surface area contributed by atoms with Crippen LogP contribution in [0.5, 0.6) is 0 Å². The van der Waals surface area contributed by atoms with E-state index < -0.39 is 4.92 Å². The number of aromatic nitrogens is 1. The Labute approximate surface area is 137 Å². The molecule has 1 unspecified atom stereocenters. The van der Waals surface area contributed by atoms with Gasteiger partial charge < -0.3 is 5.73 Å². The van der Waals surface area contributed by atoms with Crippen molar-refractivity contribution in [3.05, 3.63) is 80.7 Å². The van der Waals surface area contributed by atoms with E-state index in [1.165, 1.54) is 12.1 Å². The van der Waals surface area contributed by atoms with Crippen molar-refractivity contribution in [1.29, 1.82) is 0 Å². The summed E-state index contributed by atoms with van der Waals surface area (Å²) in [7, 11) is 0. The van der Waals surface area contributed by atoms with Crippen LogP contribution in [0.3, 0.4) is 0 Å². The van der Waals surface area contributed by atoms with Crippen LogP contribution in [0.4, 0.5) is 5.69 Å². The van der Waals surface area contributed by atoms with E-state index in [9.17, 15) is 10.1 Å². The second kappa shape index (κ2) is 6.68. The Kier molecular flexibility index (Phi) is 4.45. The fourth-order valence-electron chi connectivity index (χ4n) is 2.40. The summed E-state index contributed by atoms with van der Waals surface area (Å²) in [5.41, 5.74) is 8.92. The molecule has 3 aromatic rings. The minimum absolute atomic E-state index is 0.0572. The van der Waals surface area contributed by atoms with Crippen molar-refractivity contribution >= 4 is 17.0 Å². The van der Waals surface area contributed by atoms with Crippen molar-refractivity contribution in [1.82, 2.24) is 4.98 Å². The number of hydrogen-bond donors (Lipinski definition) is 1. The van der Waals surface area contributed by atoms with Gasteiger partial charge in [-0.25, -0.2) is 4.98 Å². The van der Waals surface area contributed by atoms with Crippen LogP contribution in [-0.2, 0) is 0 Å². The minimum Gasteiger partial charge on any atom is -0.329 e. The van der Waals surface area contributed by atoms with E-state index in [1.807, 2.05) is 35.7 Å². The number of nitro benzene ring substituents is 1. The smallest absolute Gasteiger partial charge is 0.269 e. The molecule has 0 aliphatic rings. The normalized spacial score (nSPS) is 12.0. The summed E-state index contributed by atoms with van der Waals surface area (Å²) in [6.07, 6.45) is 0. The van der Waals surface area contributed by atoms with Gasteiger partial charge in [-0.05, 0) is 5.56 Å². The van der Waals surface area contributed by atoms with Crippen LogP contribution in [0.15, 0.2) is 60.0 Å². The standard InChI is InChI=1S/C17H15N3O2S/c18-10-15(12-6-8-14(9-7-12)20(21)22)17-19-16(11-23-17)13-4-2-1-3-5-13/h1-9,11,15H,10,18H2. The summed E-state index contributed by atoms with van der Waals surface area (Å²) in [5.74, 6) is -0.0572. The van der Waals surface area contributed by atoms with Gasteiger partial charge in [0.2, 0.25) is 0 Å². The Morgan fingerprint density at radius 3 is 2.43 bits per heavy atom. The highest BCUT2D eigenvalue weighted by Crippen LogP contribution is 2.30. The lowest BCUT2D eigenvalue weighted by molar-refractivity contribution is -0.384. The summed E-state index contributed by atoms with van der Waals surface area (Å²) in [6.45, 7) is 0.402. The van der Waals surface area contributed by atoms with Gasteiger partial charge in [0.25, 0.3) is 5.69 Å². The maximum atomic E-state index is 10.8. The quantitative estimate of drug-likeness (QED) is 0.571. The zero-order valence-corrected chi connectivity index (χ0v) is 13.1. The highest BCUT2D eigenvalue weighted by Gasteiger charge is 2.18. The maximum Gasteiger partial charge on any atom is 0.269 e. The van der Waals surface area contributed by atoms with Crippen LogP contribution in [-0.4, -0.2) is 16.5 Å². The number of thiazole rings is 1. The third-order valence-electron chi connectivity index (χ3n) is 3.63. The molecule has 0 fully saturated rings. The largest absolute Gasteiger partial charge is 0.329 e. The Balaban J connectivity index is 1.89. The Bertz CT molecular complexity index is 800. The fourth-order valence-corrected chi connectivity index (χ4v) is 3.37. The molecule has 1 heterocycles. The van der Waals surface area contributed by atoms with Crippen LogP contribution in [0, 0.1) is 10.1 Å². The molecule has 6 heteroatoms. The van der Waals surface area contributed by atoms with Gasteiger partial charge in [0.15, 0.2) is 0 Å². The molecule has 116 valence electrons. The van der Waals surface area contributed by atoms with Crippen molar-refractivity contribution in [3.63, 3.8) is 0 Å². The first kappa shape index (κ1) is 15.3. The second-order valence-electron chi connectivity index (χ2n) is 5.07. The van der Waals surface area contributed by atoms with Gasteiger partial charge in [0.1, 0.15) is 5.01 Å². The van der Waals surface area contributed by atoms with Gasteiger partial charge in [-0.3, -0.25) is 10.1 Å². The first-order chi connectivity index (χ1) is 11.2. The molecule has 2 aromatic carbocycles. The predicted molar refractivity (Wildman–Crippen MR) is 91.5 cm³/mol. The molecular weight excluding hydrogens is 310 g/mol. The summed E-state index contributed by atoms with van der Waals surface area (Å²) < 4.78 is 0. The van der Waals surface area contributed by atoms with Gasteiger partial charge in [-0.2, -0.15) is 0 Å². The molecule has 0 saturated heterocycles.